The van der Waals surface area contributed by atoms with Gasteiger partial charge in [-0.3, -0.25) is 0 Å². The van der Waals surface area contributed by atoms with Crippen LogP contribution in [0.3, 0.4) is 0 Å². The summed E-state index contributed by atoms with van der Waals surface area (Å²) >= 11 is 3.35. The number of aryl methyl sites for hydroxylation is 1. The summed E-state index contributed by atoms with van der Waals surface area (Å²) < 4.78 is 33.3. The van der Waals surface area contributed by atoms with Crippen molar-refractivity contribution in [2.24, 2.45) is 11.7 Å². The Morgan fingerprint density at radius 3 is 2.85 bits per heavy atom. The van der Waals surface area contributed by atoms with Crippen molar-refractivity contribution < 1.29 is 13.2 Å². The fraction of sp³-hybridized carbons (Fsp3) is 0.538. The van der Waals surface area contributed by atoms with Crippen LogP contribution in [-0.2, 0) is 21.3 Å². The van der Waals surface area contributed by atoms with E-state index in [0.717, 1.165) is 17.5 Å². The first-order valence-electron chi connectivity index (χ1n) is 6.50. The van der Waals surface area contributed by atoms with Gasteiger partial charge in [-0.15, -0.1) is 0 Å². The Hall–Kier alpha value is -0.470. The highest BCUT2D eigenvalue weighted by Crippen LogP contribution is 2.27. The lowest BCUT2D eigenvalue weighted by Crippen LogP contribution is -2.30. The second-order valence-corrected chi connectivity index (χ2v) is 7.54. The number of rotatable bonds is 5. The smallest absolute Gasteiger partial charge is 0.241 e. The number of nitrogens with two attached hydrogens (primary N) is 1. The van der Waals surface area contributed by atoms with Gasteiger partial charge in [-0.1, -0.05) is 6.07 Å². The van der Waals surface area contributed by atoms with Gasteiger partial charge in [0.1, 0.15) is 0 Å². The number of hydrogen-bond acceptors (Lipinski definition) is 4. The average molecular weight is 363 g/mol. The highest BCUT2D eigenvalue weighted by atomic mass is 79.9. The van der Waals surface area contributed by atoms with E-state index in [1.165, 1.54) is 0 Å². The first-order chi connectivity index (χ1) is 9.44. The van der Waals surface area contributed by atoms with E-state index in [1.54, 1.807) is 6.07 Å². The lowest BCUT2D eigenvalue weighted by Gasteiger charge is -2.14. The molecule has 1 atom stereocenters. The SMILES string of the molecule is Cc1cc(CN)cc(S(=O)(=O)NCC2CCOC2)c1Br. The maximum absolute atomic E-state index is 12.4. The molecule has 112 valence electrons. The van der Waals surface area contributed by atoms with Crippen LogP contribution in [0, 0.1) is 12.8 Å². The average Bonchev–Trinajstić information content (AvgIpc) is 2.92. The van der Waals surface area contributed by atoms with Gasteiger partial charge in [0.15, 0.2) is 0 Å². The molecule has 20 heavy (non-hydrogen) atoms. The number of hydrogen-bond donors (Lipinski definition) is 2. The van der Waals surface area contributed by atoms with E-state index in [1.807, 2.05) is 13.0 Å². The highest BCUT2D eigenvalue weighted by Gasteiger charge is 2.23. The predicted molar refractivity (Wildman–Crippen MR) is 80.9 cm³/mol. The molecule has 3 N–H and O–H groups in total. The van der Waals surface area contributed by atoms with Crippen molar-refractivity contribution in [3.63, 3.8) is 0 Å². The van der Waals surface area contributed by atoms with Crippen LogP contribution in [0.5, 0.6) is 0 Å². The van der Waals surface area contributed by atoms with Crippen LogP contribution in [-0.4, -0.2) is 28.2 Å². The van der Waals surface area contributed by atoms with Crippen molar-refractivity contribution in [1.82, 2.24) is 4.72 Å². The van der Waals surface area contributed by atoms with Crippen LogP contribution >= 0.6 is 15.9 Å². The van der Waals surface area contributed by atoms with Crippen molar-refractivity contribution in [2.75, 3.05) is 19.8 Å². The molecular formula is C13H19BrN2O3S. The van der Waals surface area contributed by atoms with Crippen LogP contribution in [0.1, 0.15) is 17.5 Å². The van der Waals surface area contributed by atoms with E-state index in [0.29, 0.717) is 30.8 Å². The zero-order valence-corrected chi connectivity index (χ0v) is 13.8. The van der Waals surface area contributed by atoms with Crippen molar-refractivity contribution in [3.8, 4) is 0 Å². The number of halogens is 1. The van der Waals surface area contributed by atoms with Crippen LogP contribution < -0.4 is 10.5 Å². The Labute approximate surface area is 128 Å². The van der Waals surface area contributed by atoms with Gasteiger partial charge in [0, 0.05) is 24.2 Å². The van der Waals surface area contributed by atoms with Gasteiger partial charge in [-0.25, -0.2) is 13.1 Å². The molecule has 5 nitrogen and oxygen atoms in total. The molecule has 2 rings (SSSR count). The standard InChI is InChI=1S/C13H19BrN2O3S/c1-9-4-11(6-15)5-12(13(9)14)20(17,18)16-7-10-2-3-19-8-10/h4-5,10,16H,2-3,6-8,15H2,1H3. The van der Waals surface area contributed by atoms with E-state index >= 15 is 0 Å². The molecule has 0 spiro atoms. The lowest BCUT2D eigenvalue weighted by atomic mass is 10.1. The summed E-state index contributed by atoms with van der Waals surface area (Å²) in [5.41, 5.74) is 7.27. The Bertz CT molecular complexity index is 584. The minimum Gasteiger partial charge on any atom is -0.381 e. The van der Waals surface area contributed by atoms with E-state index in [-0.39, 0.29) is 10.8 Å². The third-order valence-corrected chi connectivity index (χ3v) is 6.15. The molecule has 1 aliphatic rings. The summed E-state index contributed by atoms with van der Waals surface area (Å²) in [5, 5.41) is 0. The molecule has 0 aromatic heterocycles. The van der Waals surface area contributed by atoms with Crippen LogP contribution in [0.2, 0.25) is 0 Å². The molecular weight excluding hydrogens is 344 g/mol. The monoisotopic (exact) mass is 362 g/mol. The Morgan fingerprint density at radius 1 is 1.50 bits per heavy atom. The highest BCUT2D eigenvalue weighted by molar-refractivity contribution is 9.10. The Balaban J connectivity index is 2.21. The molecule has 0 aliphatic carbocycles. The van der Waals surface area contributed by atoms with E-state index in [2.05, 4.69) is 20.7 Å². The van der Waals surface area contributed by atoms with Crippen molar-refractivity contribution in [1.29, 1.82) is 0 Å². The van der Waals surface area contributed by atoms with E-state index in [4.69, 9.17) is 10.5 Å². The van der Waals surface area contributed by atoms with Crippen LogP contribution in [0.4, 0.5) is 0 Å². The Morgan fingerprint density at radius 2 is 2.25 bits per heavy atom. The van der Waals surface area contributed by atoms with Gasteiger partial charge in [0.05, 0.1) is 11.5 Å². The van der Waals surface area contributed by atoms with Crippen LogP contribution in [0.25, 0.3) is 0 Å². The third-order valence-electron chi connectivity index (χ3n) is 3.39. The molecule has 1 aromatic carbocycles. The fourth-order valence-corrected chi connectivity index (χ4v) is 4.35. The molecule has 1 fully saturated rings. The zero-order valence-electron chi connectivity index (χ0n) is 11.4. The summed E-state index contributed by atoms with van der Waals surface area (Å²) in [6, 6.07) is 3.50. The normalized spacial score (nSPS) is 19.4. The van der Waals surface area contributed by atoms with Gasteiger partial charge < -0.3 is 10.5 Å². The first-order valence-corrected chi connectivity index (χ1v) is 8.78. The molecule has 1 heterocycles. The molecule has 7 heteroatoms. The maximum atomic E-state index is 12.4. The molecule has 0 saturated carbocycles. The van der Waals surface area contributed by atoms with Crippen molar-refractivity contribution in [2.45, 2.75) is 24.8 Å². The molecule has 0 bridgehead atoms. The van der Waals surface area contributed by atoms with Gasteiger partial charge >= 0.3 is 0 Å². The number of ether oxygens (including phenoxy) is 1. The minimum absolute atomic E-state index is 0.247. The zero-order chi connectivity index (χ0) is 14.8. The molecule has 0 radical (unpaired) electrons. The summed E-state index contributed by atoms with van der Waals surface area (Å²) in [6.45, 7) is 3.89. The van der Waals surface area contributed by atoms with E-state index in [9.17, 15) is 8.42 Å². The molecule has 0 amide bonds. The number of sulfonamides is 1. The Kier molecular flexibility index (Phi) is 5.19. The summed E-state index contributed by atoms with van der Waals surface area (Å²) in [7, 11) is -3.54. The third kappa shape index (κ3) is 3.59. The molecule has 1 saturated heterocycles. The predicted octanol–water partition coefficient (Wildman–Crippen LogP) is 1.53. The topological polar surface area (TPSA) is 81.4 Å². The maximum Gasteiger partial charge on any atom is 0.241 e. The summed E-state index contributed by atoms with van der Waals surface area (Å²) in [4.78, 5) is 0.247. The second-order valence-electron chi connectivity index (χ2n) is 5.01. The van der Waals surface area contributed by atoms with Gasteiger partial charge in [0.2, 0.25) is 10.0 Å². The fourth-order valence-electron chi connectivity index (χ4n) is 2.17. The molecule has 1 aliphatic heterocycles. The largest absolute Gasteiger partial charge is 0.381 e. The molecule has 1 aromatic rings. The summed E-state index contributed by atoms with van der Waals surface area (Å²) in [5.74, 6) is 0.252. The quantitative estimate of drug-likeness (QED) is 0.831. The second kappa shape index (κ2) is 6.53. The minimum atomic E-state index is -3.54. The van der Waals surface area contributed by atoms with Gasteiger partial charge in [-0.2, -0.15) is 0 Å². The molecule has 1 unspecified atom stereocenters. The van der Waals surface area contributed by atoms with Gasteiger partial charge in [-0.05, 0) is 52.4 Å². The van der Waals surface area contributed by atoms with Crippen LogP contribution in [0.15, 0.2) is 21.5 Å². The van der Waals surface area contributed by atoms with Gasteiger partial charge in [0.25, 0.3) is 0 Å². The lowest BCUT2D eigenvalue weighted by molar-refractivity contribution is 0.186. The number of nitrogens with one attached hydrogen (secondary N) is 1. The number of benzene rings is 1. The van der Waals surface area contributed by atoms with Crippen molar-refractivity contribution >= 4 is 26.0 Å². The van der Waals surface area contributed by atoms with Crippen molar-refractivity contribution in [3.05, 3.63) is 27.7 Å². The first kappa shape index (κ1) is 15.9. The van der Waals surface area contributed by atoms with E-state index < -0.39 is 10.0 Å². The summed E-state index contributed by atoms with van der Waals surface area (Å²) in [6.07, 6.45) is 0.894.